The highest BCUT2D eigenvalue weighted by molar-refractivity contribution is 5.92. The lowest BCUT2D eigenvalue weighted by molar-refractivity contribution is -0.116. The van der Waals surface area contributed by atoms with Crippen LogP contribution in [0.2, 0.25) is 0 Å². The maximum absolute atomic E-state index is 12.2. The summed E-state index contributed by atoms with van der Waals surface area (Å²) in [5, 5.41) is 0. The molecule has 1 spiro atoms. The first-order chi connectivity index (χ1) is 14.5. The van der Waals surface area contributed by atoms with E-state index >= 15 is 0 Å². The number of nitrogens with zero attached hydrogens (tertiary/aromatic N) is 3. The molecule has 0 atom stereocenters. The summed E-state index contributed by atoms with van der Waals surface area (Å²) in [4.78, 5) is 30.7. The molecule has 1 aromatic carbocycles. The number of para-hydroxylation sites is 1. The van der Waals surface area contributed by atoms with Crippen LogP contribution in [0.1, 0.15) is 57.9 Å². The van der Waals surface area contributed by atoms with Crippen LogP contribution in [-0.4, -0.2) is 67.2 Å². The van der Waals surface area contributed by atoms with Crippen molar-refractivity contribution in [2.45, 2.75) is 63.8 Å². The lowest BCUT2D eigenvalue weighted by atomic mass is 9.69. The van der Waals surface area contributed by atoms with E-state index in [4.69, 9.17) is 4.74 Å². The summed E-state index contributed by atoms with van der Waals surface area (Å²) in [6.45, 7) is 8.58. The average molecular weight is 414 g/mol. The van der Waals surface area contributed by atoms with E-state index in [1.807, 2.05) is 16.7 Å². The number of carbonyl (C=O) groups is 2. The van der Waals surface area contributed by atoms with E-state index in [0.29, 0.717) is 12.6 Å². The average Bonchev–Trinajstić information content (AvgIpc) is 2.92. The van der Waals surface area contributed by atoms with Gasteiger partial charge in [0.15, 0.2) is 0 Å². The molecule has 2 saturated heterocycles. The molecule has 2 fully saturated rings. The maximum Gasteiger partial charge on any atom is 0.409 e. The van der Waals surface area contributed by atoms with Crippen molar-refractivity contribution >= 4 is 17.7 Å². The van der Waals surface area contributed by atoms with Crippen LogP contribution >= 0.6 is 0 Å². The number of benzene rings is 1. The summed E-state index contributed by atoms with van der Waals surface area (Å²) in [6.07, 6.45) is 6.40. The summed E-state index contributed by atoms with van der Waals surface area (Å²) in [6, 6.07) is 9.12. The Labute approximate surface area is 180 Å². The predicted molar refractivity (Wildman–Crippen MR) is 118 cm³/mol. The topological polar surface area (TPSA) is 53.1 Å². The molecule has 6 heteroatoms. The predicted octanol–water partition coefficient (Wildman–Crippen LogP) is 3.79. The van der Waals surface area contributed by atoms with Gasteiger partial charge in [-0.25, -0.2) is 4.79 Å². The molecule has 30 heavy (non-hydrogen) atoms. The van der Waals surface area contributed by atoms with Crippen molar-refractivity contribution in [1.82, 2.24) is 9.80 Å². The van der Waals surface area contributed by atoms with Gasteiger partial charge in [0.2, 0.25) is 5.91 Å². The molecule has 0 bridgehead atoms. The Kier molecular flexibility index (Phi) is 6.32. The number of rotatable bonds is 2. The minimum Gasteiger partial charge on any atom is -0.450 e. The molecule has 3 heterocycles. The zero-order valence-electron chi connectivity index (χ0n) is 18.4. The van der Waals surface area contributed by atoms with Crippen LogP contribution in [0, 0.1) is 0 Å². The Morgan fingerprint density at radius 1 is 1.03 bits per heavy atom. The minimum atomic E-state index is -0.168. The second-order valence-electron chi connectivity index (χ2n) is 9.02. The van der Waals surface area contributed by atoms with E-state index in [0.717, 1.165) is 76.9 Å². The van der Waals surface area contributed by atoms with E-state index in [1.54, 1.807) is 6.92 Å². The molecule has 0 unspecified atom stereocenters. The standard InChI is InChI=1S/C24H35N3O3/c1-3-30-23(29)26-15-9-20(10-16-26)25-17-12-24(13-18-25)11-6-14-27(19(2)28)22-8-5-4-7-21(22)24/h4-5,7-8,20H,3,6,9-18H2,1-2H3. The molecule has 0 aliphatic carbocycles. The number of fused-ring (bicyclic) bond motifs is 2. The minimum absolute atomic E-state index is 0.144. The molecule has 3 aliphatic rings. The van der Waals surface area contributed by atoms with E-state index in [9.17, 15) is 9.59 Å². The molecule has 0 radical (unpaired) electrons. The number of likely N-dealkylation sites (tertiary alicyclic amines) is 2. The van der Waals surface area contributed by atoms with Crippen LogP contribution in [0.5, 0.6) is 0 Å². The number of piperidine rings is 2. The molecule has 0 aromatic heterocycles. The summed E-state index contributed by atoms with van der Waals surface area (Å²) in [7, 11) is 0. The van der Waals surface area contributed by atoms with Gasteiger partial charge < -0.3 is 19.4 Å². The van der Waals surface area contributed by atoms with Gasteiger partial charge in [-0.1, -0.05) is 18.2 Å². The van der Waals surface area contributed by atoms with Gasteiger partial charge in [0.05, 0.1) is 6.61 Å². The van der Waals surface area contributed by atoms with Gasteiger partial charge in [-0.05, 0) is 75.6 Å². The van der Waals surface area contributed by atoms with Gasteiger partial charge >= 0.3 is 6.09 Å². The van der Waals surface area contributed by atoms with Crippen molar-refractivity contribution in [3.8, 4) is 0 Å². The Balaban J connectivity index is 1.42. The quantitative estimate of drug-likeness (QED) is 0.740. The van der Waals surface area contributed by atoms with Crippen molar-refractivity contribution < 1.29 is 14.3 Å². The van der Waals surface area contributed by atoms with Gasteiger partial charge in [-0.3, -0.25) is 4.79 Å². The Hall–Kier alpha value is -2.08. The molecule has 164 valence electrons. The highest BCUT2D eigenvalue weighted by atomic mass is 16.6. The van der Waals surface area contributed by atoms with Crippen LogP contribution in [0.3, 0.4) is 0 Å². The second kappa shape index (κ2) is 8.96. The Morgan fingerprint density at radius 3 is 2.40 bits per heavy atom. The zero-order valence-corrected chi connectivity index (χ0v) is 18.4. The van der Waals surface area contributed by atoms with Crippen molar-refractivity contribution in [2.75, 3.05) is 44.2 Å². The zero-order chi connectivity index (χ0) is 21.1. The van der Waals surface area contributed by atoms with Crippen molar-refractivity contribution in [3.63, 3.8) is 0 Å². The van der Waals surface area contributed by atoms with Gasteiger partial charge in [-0.2, -0.15) is 0 Å². The highest BCUT2D eigenvalue weighted by Gasteiger charge is 2.41. The summed E-state index contributed by atoms with van der Waals surface area (Å²) >= 11 is 0. The normalized spacial score (nSPS) is 22.5. The summed E-state index contributed by atoms with van der Waals surface area (Å²) in [5.41, 5.74) is 2.68. The summed E-state index contributed by atoms with van der Waals surface area (Å²) in [5.74, 6) is 0.144. The van der Waals surface area contributed by atoms with Crippen LogP contribution in [0.4, 0.5) is 10.5 Å². The lowest BCUT2D eigenvalue weighted by Crippen LogP contribution is -2.51. The third kappa shape index (κ3) is 4.07. The maximum atomic E-state index is 12.2. The van der Waals surface area contributed by atoms with Crippen LogP contribution in [-0.2, 0) is 14.9 Å². The smallest absolute Gasteiger partial charge is 0.409 e. The first kappa shape index (κ1) is 21.2. The van der Waals surface area contributed by atoms with E-state index < -0.39 is 0 Å². The van der Waals surface area contributed by atoms with Crippen molar-refractivity contribution in [3.05, 3.63) is 29.8 Å². The van der Waals surface area contributed by atoms with Crippen LogP contribution < -0.4 is 4.90 Å². The number of anilines is 1. The van der Waals surface area contributed by atoms with Gasteiger partial charge in [-0.15, -0.1) is 0 Å². The number of amides is 2. The summed E-state index contributed by atoms with van der Waals surface area (Å²) < 4.78 is 5.15. The van der Waals surface area contributed by atoms with Gasteiger partial charge in [0.1, 0.15) is 0 Å². The molecule has 4 rings (SSSR count). The van der Waals surface area contributed by atoms with E-state index in [-0.39, 0.29) is 17.4 Å². The number of ether oxygens (including phenoxy) is 1. The largest absolute Gasteiger partial charge is 0.450 e. The van der Waals surface area contributed by atoms with Gasteiger partial charge in [0, 0.05) is 38.3 Å². The molecule has 0 N–H and O–H groups in total. The number of hydrogen-bond acceptors (Lipinski definition) is 4. The molecule has 2 amide bonds. The Morgan fingerprint density at radius 2 is 1.73 bits per heavy atom. The number of hydrogen-bond donors (Lipinski definition) is 0. The van der Waals surface area contributed by atoms with Gasteiger partial charge in [0.25, 0.3) is 0 Å². The van der Waals surface area contributed by atoms with Crippen molar-refractivity contribution in [1.29, 1.82) is 0 Å². The molecule has 1 aromatic rings. The second-order valence-corrected chi connectivity index (χ2v) is 9.02. The fourth-order valence-corrected chi connectivity index (χ4v) is 5.78. The molecule has 6 nitrogen and oxygen atoms in total. The lowest BCUT2D eigenvalue weighted by Gasteiger charge is -2.46. The van der Waals surface area contributed by atoms with Crippen LogP contribution in [0.25, 0.3) is 0 Å². The van der Waals surface area contributed by atoms with E-state index in [2.05, 4.69) is 29.2 Å². The fourth-order valence-electron chi connectivity index (χ4n) is 5.78. The Bertz CT molecular complexity index is 765. The molecule has 3 aliphatic heterocycles. The third-order valence-electron chi connectivity index (χ3n) is 7.45. The monoisotopic (exact) mass is 413 g/mol. The fraction of sp³-hybridized carbons (Fsp3) is 0.667. The first-order valence-electron chi connectivity index (χ1n) is 11.6. The third-order valence-corrected chi connectivity index (χ3v) is 7.45. The molecule has 0 saturated carbocycles. The molecular weight excluding hydrogens is 378 g/mol. The van der Waals surface area contributed by atoms with Crippen molar-refractivity contribution in [2.24, 2.45) is 0 Å². The SMILES string of the molecule is CCOC(=O)N1CCC(N2CCC3(CCCN(C(C)=O)c4ccccc43)CC2)CC1. The highest BCUT2D eigenvalue weighted by Crippen LogP contribution is 2.46. The number of carbonyl (C=O) groups excluding carboxylic acids is 2. The van der Waals surface area contributed by atoms with Crippen LogP contribution in [0.15, 0.2) is 24.3 Å². The first-order valence-corrected chi connectivity index (χ1v) is 11.6. The molecular formula is C24H35N3O3. The van der Waals surface area contributed by atoms with E-state index in [1.165, 1.54) is 5.56 Å².